The largest absolute Gasteiger partial charge is 0.326 e. The first-order chi connectivity index (χ1) is 3.83. The van der Waals surface area contributed by atoms with Crippen LogP contribution in [0.15, 0.2) is 12.4 Å². The highest BCUT2D eigenvalue weighted by molar-refractivity contribution is 14.1. The molecule has 1 aromatic heterocycles. The smallest absolute Gasteiger partial charge is 0.0812 e. The summed E-state index contributed by atoms with van der Waals surface area (Å²) in [6.07, 6.45) is 3.68. The summed E-state index contributed by atoms with van der Waals surface area (Å²) in [7, 11) is 1.89. The Labute approximate surface area is 61.6 Å². The van der Waals surface area contributed by atoms with Gasteiger partial charge in [-0.2, -0.15) is 5.10 Å². The van der Waals surface area contributed by atoms with Crippen molar-refractivity contribution in [1.82, 2.24) is 9.78 Å². The second-order valence-electron chi connectivity index (χ2n) is 1.50. The molecule has 0 saturated carbocycles. The van der Waals surface area contributed by atoms with Gasteiger partial charge < -0.3 is 3.53 Å². The highest BCUT2D eigenvalue weighted by Crippen LogP contribution is 2.04. The molecule has 8 heavy (non-hydrogen) atoms. The summed E-state index contributed by atoms with van der Waals surface area (Å²) in [4.78, 5) is 0. The number of hydrogen-bond acceptors (Lipinski definition) is 2. The summed E-state index contributed by atoms with van der Waals surface area (Å²) in [6.45, 7) is 0. The molecule has 1 rings (SSSR count). The molecule has 0 radical (unpaired) electrons. The van der Waals surface area contributed by atoms with Crippen LogP contribution in [-0.2, 0) is 7.05 Å². The molecule has 44 valence electrons. The van der Waals surface area contributed by atoms with Gasteiger partial charge in [0.2, 0.25) is 0 Å². The van der Waals surface area contributed by atoms with Crippen LogP contribution in [0, 0.1) is 0 Å². The molecule has 0 amide bonds. The third-order valence-electron chi connectivity index (χ3n) is 0.814. The quantitative estimate of drug-likeness (QED) is 0.572. The number of rotatable bonds is 1. The zero-order chi connectivity index (χ0) is 5.98. The topological polar surface area (TPSA) is 29.9 Å². The molecule has 0 atom stereocenters. The fourth-order valence-corrected chi connectivity index (χ4v) is 0.749. The number of anilines is 1. The first kappa shape index (κ1) is 5.87. The van der Waals surface area contributed by atoms with Crippen LogP contribution in [0.25, 0.3) is 0 Å². The summed E-state index contributed by atoms with van der Waals surface area (Å²) in [5.41, 5.74) is 1.04. The minimum atomic E-state index is 1.04. The van der Waals surface area contributed by atoms with E-state index >= 15 is 0 Å². The summed E-state index contributed by atoms with van der Waals surface area (Å²) < 4.78 is 4.69. The highest BCUT2D eigenvalue weighted by Gasteiger charge is 1.87. The highest BCUT2D eigenvalue weighted by atomic mass is 127. The Bertz CT molecular complexity index is 172. The summed E-state index contributed by atoms with van der Waals surface area (Å²) >= 11 is 2.06. The van der Waals surface area contributed by atoms with Crippen molar-refractivity contribution in [2.75, 3.05) is 3.53 Å². The predicted molar refractivity (Wildman–Crippen MR) is 40.9 cm³/mol. The Hall–Kier alpha value is -0.260. The maximum Gasteiger partial charge on any atom is 0.0812 e. The molecule has 1 aromatic rings. The minimum Gasteiger partial charge on any atom is -0.326 e. The number of hydrogen-bond donors (Lipinski definition) is 1. The Morgan fingerprint density at radius 3 is 2.88 bits per heavy atom. The van der Waals surface area contributed by atoms with Gasteiger partial charge in [0.25, 0.3) is 0 Å². The molecule has 0 fully saturated rings. The number of aryl methyl sites for hydroxylation is 1. The van der Waals surface area contributed by atoms with Crippen molar-refractivity contribution in [3.05, 3.63) is 12.4 Å². The Kier molecular flexibility index (Phi) is 1.72. The molecular weight excluding hydrogens is 217 g/mol. The monoisotopic (exact) mass is 223 g/mol. The van der Waals surface area contributed by atoms with Crippen LogP contribution in [0.3, 0.4) is 0 Å². The average Bonchev–Trinajstić information content (AvgIpc) is 2.14. The van der Waals surface area contributed by atoms with E-state index in [0.29, 0.717) is 0 Å². The molecule has 0 unspecified atom stereocenters. The van der Waals surface area contributed by atoms with Crippen LogP contribution in [0.4, 0.5) is 5.69 Å². The molecule has 1 N–H and O–H groups in total. The van der Waals surface area contributed by atoms with E-state index in [-0.39, 0.29) is 0 Å². The van der Waals surface area contributed by atoms with Crippen molar-refractivity contribution in [1.29, 1.82) is 0 Å². The molecule has 0 saturated heterocycles. The van der Waals surface area contributed by atoms with E-state index in [9.17, 15) is 0 Å². The van der Waals surface area contributed by atoms with Gasteiger partial charge in [-0.05, 0) is 0 Å². The molecular formula is C4H6IN3. The van der Waals surface area contributed by atoms with Crippen molar-refractivity contribution in [2.45, 2.75) is 0 Å². The van der Waals surface area contributed by atoms with Crippen LogP contribution in [0.1, 0.15) is 0 Å². The van der Waals surface area contributed by atoms with E-state index in [1.54, 1.807) is 10.9 Å². The van der Waals surface area contributed by atoms with Crippen molar-refractivity contribution < 1.29 is 0 Å². The molecule has 0 aliphatic carbocycles. The maximum atomic E-state index is 3.94. The van der Waals surface area contributed by atoms with E-state index in [4.69, 9.17) is 0 Å². The fraction of sp³-hybridized carbons (Fsp3) is 0.250. The lowest BCUT2D eigenvalue weighted by atomic mass is 10.6. The zero-order valence-electron chi connectivity index (χ0n) is 4.43. The first-order valence-electron chi connectivity index (χ1n) is 2.18. The van der Waals surface area contributed by atoms with E-state index in [0.717, 1.165) is 5.69 Å². The summed E-state index contributed by atoms with van der Waals surface area (Å²) in [5, 5.41) is 3.94. The third kappa shape index (κ3) is 1.12. The predicted octanol–water partition coefficient (Wildman–Crippen LogP) is 1.18. The van der Waals surface area contributed by atoms with Gasteiger partial charge in [-0.1, -0.05) is 0 Å². The van der Waals surface area contributed by atoms with Crippen LogP contribution >= 0.6 is 22.9 Å². The molecule has 0 aliphatic heterocycles. The normalized spacial score (nSPS) is 9.25. The Morgan fingerprint density at radius 2 is 2.62 bits per heavy atom. The lowest BCUT2D eigenvalue weighted by molar-refractivity contribution is 0.768. The van der Waals surface area contributed by atoms with Gasteiger partial charge in [0.15, 0.2) is 0 Å². The lowest BCUT2D eigenvalue weighted by Crippen LogP contribution is -1.84. The van der Waals surface area contributed by atoms with Gasteiger partial charge >= 0.3 is 0 Å². The van der Waals surface area contributed by atoms with E-state index in [1.165, 1.54) is 0 Å². The number of halogens is 1. The molecule has 1 heterocycles. The van der Waals surface area contributed by atoms with Crippen molar-refractivity contribution in [2.24, 2.45) is 7.05 Å². The Balaban J connectivity index is 2.84. The standard InChI is InChI=1S/C4H6IN3/c1-8-3-4(7-5)2-6-8/h2-3,7H,1H3. The summed E-state index contributed by atoms with van der Waals surface area (Å²) in [5.74, 6) is 0. The molecule has 0 aromatic carbocycles. The van der Waals surface area contributed by atoms with Crippen LogP contribution in [0.5, 0.6) is 0 Å². The van der Waals surface area contributed by atoms with E-state index in [1.807, 2.05) is 13.2 Å². The molecule has 4 heteroatoms. The van der Waals surface area contributed by atoms with Gasteiger partial charge in [0.05, 0.1) is 34.7 Å². The van der Waals surface area contributed by atoms with Gasteiger partial charge in [-0.15, -0.1) is 0 Å². The molecule has 0 spiro atoms. The van der Waals surface area contributed by atoms with Crippen LogP contribution in [0.2, 0.25) is 0 Å². The zero-order valence-corrected chi connectivity index (χ0v) is 6.58. The van der Waals surface area contributed by atoms with Crippen molar-refractivity contribution in [3.63, 3.8) is 0 Å². The number of aromatic nitrogens is 2. The SMILES string of the molecule is Cn1cc(NI)cn1. The lowest BCUT2D eigenvalue weighted by Gasteiger charge is -1.84. The van der Waals surface area contributed by atoms with Gasteiger partial charge in [0, 0.05) is 13.2 Å². The average molecular weight is 223 g/mol. The van der Waals surface area contributed by atoms with E-state index in [2.05, 4.69) is 31.5 Å². The number of nitrogens with zero attached hydrogens (tertiary/aromatic N) is 2. The molecule has 3 nitrogen and oxygen atoms in total. The number of nitrogens with one attached hydrogen (secondary N) is 1. The Morgan fingerprint density at radius 1 is 1.88 bits per heavy atom. The van der Waals surface area contributed by atoms with Crippen LogP contribution in [-0.4, -0.2) is 9.78 Å². The minimum absolute atomic E-state index is 1.04. The summed E-state index contributed by atoms with van der Waals surface area (Å²) in [6, 6.07) is 0. The van der Waals surface area contributed by atoms with Crippen molar-refractivity contribution >= 4 is 28.6 Å². The third-order valence-corrected chi connectivity index (χ3v) is 1.44. The maximum absolute atomic E-state index is 3.94. The second kappa shape index (κ2) is 2.34. The van der Waals surface area contributed by atoms with Crippen LogP contribution < -0.4 is 3.53 Å². The van der Waals surface area contributed by atoms with Gasteiger partial charge in [0.1, 0.15) is 0 Å². The molecule has 0 bridgehead atoms. The van der Waals surface area contributed by atoms with Crippen molar-refractivity contribution in [3.8, 4) is 0 Å². The second-order valence-corrected chi connectivity index (χ2v) is 2.04. The van der Waals surface area contributed by atoms with E-state index < -0.39 is 0 Å². The van der Waals surface area contributed by atoms with Gasteiger partial charge in [-0.3, -0.25) is 4.68 Å². The fourth-order valence-electron chi connectivity index (χ4n) is 0.470. The van der Waals surface area contributed by atoms with Gasteiger partial charge in [-0.25, -0.2) is 0 Å². The first-order valence-corrected chi connectivity index (χ1v) is 3.26. The molecule has 0 aliphatic rings.